The second-order valence-electron chi connectivity index (χ2n) is 9.60. The van der Waals surface area contributed by atoms with E-state index in [1.165, 1.54) is 11.3 Å². The van der Waals surface area contributed by atoms with E-state index in [0.717, 1.165) is 28.1 Å². The van der Waals surface area contributed by atoms with Crippen LogP contribution in [0.2, 0.25) is 0 Å². The molecule has 4 rings (SSSR count). The van der Waals surface area contributed by atoms with Gasteiger partial charge in [0.25, 0.3) is 0 Å². The van der Waals surface area contributed by atoms with Crippen LogP contribution in [0.1, 0.15) is 60.6 Å². The third-order valence-corrected chi connectivity index (χ3v) is 6.88. The van der Waals surface area contributed by atoms with Gasteiger partial charge in [0.1, 0.15) is 17.3 Å². The molecule has 9 heteroatoms. The average Bonchev–Trinajstić information content (AvgIpc) is 3.45. The molecule has 0 bridgehead atoms. The number of carboxylic acids is 1. The molecule has 0 spiro atoms. The molecular weight excluding hydrogens is 542 g/mol. The number of carbonyl (C=O) groups excluding carboxylic acids is 1. The molecule has 0 atom stereocenters. The number of thiophene rings is 1. The third-order valence-electron chi connectivity index (χ3n) is 5.98. The largest absolute Gasteiger partial charge is 0.481 e. The minimum atomic E-state index is -1.06. The monoisotopic (exact) mass is 571 g/mol. The number of amidine groups is 1. The maximum atomic E-state index is 13.5. The van der Waals surface area contributed by atoms with Gasteiger partial charge < -0.3 is 14.7 Å². The Balaban J connectivity index is 0.00000361. The molecule has 1 aliphatic rings. The van der Waals surface area contributed by atoms with Crippen LogP contribution in [-0.2, 0) is 23.2 Å². The number of rotatable bonds is 8. The van der Waals surface area contributed by atoms with E-state index in [-0.39, 0.29) is 35.1 Å². The fourth-order valence-corrected chi connectivity index (χ4v) is 4.88. The second kappa shape index (κ2) is 10.9. The standard InChI is InChI=1S/C27H29N3O4S.BrH/c1-5-18-9-8-16-13-30(26(28)24(16)29-18)14-21(31)17-11-19(22-7-6-10-35-22)25(34-15-23(32)33)20(12-17)27(2,3)4;/h6-12,28H,5,13-15H2,1-4H3,(H,32,33);1H. The molecule has 0 fully saturated rings. The van der Waals surface area contributed by atoms with Crippen LogP contribution in [0.25, 0.3) is 10.4 Å². The van der Waals surface area contributed by atoms with Crippen LogP contribution < -0.4 is 4.74 Å². The zero-order valence-electron chi connectivity index (χ0n) is 20.8. The minimum absolute atomic E-state index is 0. The fourth-order valence-electron chi connectivity index (χ4n) is 4.14. The SMILES string of the molecule is Br.CCc1ccc2c(n1)C(=N)N(CC(=O)c1cc(-c3cccs3)c(OCC(=O)O)c(C(C)(C)C)c1)C2. The molecule has 2 aromatic heterocycles. The molecule has 1 aliphatic heterocycles. The second-order valence-corrected chi connectivity index (χ2v) is 10.5. The molecule has 3 heterocycles. The molecule has 0 unspecified atom stereocenters. The molecular formula is C27H30BrN3O4S. The number of nitrogens with zero attached hydrogens (tertiary/aromatic N) is 2. The number of pyridine rings is 1. The normalized spacial score (nSPS) is 12.8. The van der Waals surface area contributed by atoms with Gasteiger partial charge in [0, 0.05) is 39.4 Å². The molecule has 190 valence electrons. The van der Waals surface area contributed by atoms with E-state index in [2.05, 4.69) is 4.98 Å². The summed E-state index contributed by atoms with van der Waals surface area (Å²) in [5.74, 6) is -0.434. The summed E-state index contributed by atoms with van der Waals surface area (Å²) in [7, 11) is 0. The van der Waals surface area contributed by atoms with E-state index >= 15 is 0 Å². The molecule has 1 aromatic carbocycles. The first-order valence-electron chi connectivity index (χ1n) is 11.5. The van der Waals surface area contributed by atoms with E-state index in [9.17, 15) is 14.7 Å². The Bertz CT molecular complexity index is 1300. The number of halogens is 1. The third kappa shape index (κ3) is 5.68. The first-order valence-corrected chi connectivity index (χ1v) is 12.4. The number of aryl methyl sites for hydroxylation is 1. The van der Waals surface area contributed by atoms with Crippen LogP contribution in [0.15, 0.2) is 41.8 Å². The number of carbonyl (C=O) groups is 2. The average molecular weight is 573 g/mol. The van der Waals surface area contributed by atoms with Crippen LogP contribution in [-0.4, -0.2) is 45.7 Å². The lowest BCUT2D eigenvalue weighted by atomic mass is 9.83. The fraction of sp³-hybridized carbons (Fsp3) is 0.333. The van der Waals surface area contributed by atoms with Crippen LogP contribution in [0, 0.1) is 5.41 Å². The number of ether oxygens (including phenoxy) is 1. The molecule has 0 radical (unpaired) electrons. The van der Waals surface area contributed by atoms with Crippen molar-refractivity contribution in [1.29, 1.82) is 5.41 Å². The van der Waals surface area contributed by atoms with Gasteiger partial charge in [-0.25, -0.2) is 9.78 Å². The van der Waals surface area contributed by atoms with Crippen molar-refractivity contribution < 1.29 is 19.4 Å². The predicted octanol–water partition coefficient (Wildman–Crippen LogP) is 5.74. The Labute approximate surface area is 225 Å². The highest BCUT2D eigenvalue weighted by Crippen LogP contribution is 2.42. The van der Waals surface area contributed by atoms with Gasteiger partial charge >= 0.3 is 5.97 Å². The van der Waals surface area contributed by atoms with Crippen LogP contribution in [0.4, 0.5) is 0 Å². The first kappa shape index (κ1) is 27.5. The lowest BCUT2D eigenvalue weighted by Gasteiger charge is -2.26. The molecule has 7 nitrogen and oxygen atoms in total. The summed E-state index contributed by atoms with van der Waals surface area (Å²) in [6.07, 6.45) is 0.789. The predicted molar refractivity (Wildman–Crippen MR) is 147 cm³/mol. The molecule has 0 saturated heterocycles. The van der Waals surface area contributed by atoms with E-state index in [4.69, 9.17) is 10.1 Å². The summed E-state index contributed by atoms with van der Waals surface area (Å²) < 4.78 is 5.77. The Morgan fingerprint density at radius 3 is 2.58 bits per heavy atom. The van der Waals surface area contributed by atoms with Crippen LogP contribution in [0.3, 0.4) is 0 Å². The van der Waals surface area contributed by atoms with Gasteiger partial charge in [0.2, 0.25) is 0 Å². The number of carboxylic acid groups (broad SMARTS) is 1. The first-order chi connectivity index (χ1) is 16.6. The molecule has 0 saturated carbocycles. The van der Waals surface area contributed by atoms with Crippen molar-refractivity contribution in [3.63, 3.8) is 0 Å². The van der Waals surface area contributed by atoms with Crippen molar-refractivity contribution >= 4 is 45.9 Å². The van der Waals surface area contributed by atoms with Crippen LogP contribution >= 0.6 is 28.3 Å². The zero-order valence-corrected chi connectivity index (χ0v) is 23.3. The van der Waals surface area contributed by atoms with Gasteiger partial charge in [0.15, 0.2) is 12.4 Å². The number of Topliss-reactive ketones (excluding diaryl/α,β-unsaturated/α-hetero) is 1. The van der Waals surface area contributed by atoms with Gasteiger partial charge in [-0.2, -0.15) is 0 Å². The number of benzene rings is 1. The Morgan fingerprint density at radius 1 is 1.22 bits per heavy atom. The van der Waals surface area contributed by atoms with Crippen molar-refractivity contribution in [2.24, 2.45) is 0 Å². The summed E-state index contributed by atoms with van der Waals surface area (Å²) in [6, 6.07) is 11.4. The number of nitrogens with one attached hydrogen (secondary N) is 1. The van der Waals surface area contributed by atoms with Crippen molar-refractivity contribution in [2.75, 3.05) is 13.2 Å². The highest BCUT2D eigenvalue weighted by atomic mass is 79.9. The summed E-state index contributed by atoms with van der Waals surface area (Å²) in [6.45, 7) is 8.10. The molecule has 36 heavy (non-hydrogen) atoms. The van der Waals surface area contributed by atoms with Crippen molar-refractivity contribution in [3.05, 3.63) is 69.9 Å². The summed E-state index contributed by atoms with van der Waals surface area (Å²) in [5, 5.41) is 19.7. The van der Waals surface area contributed by atoms with E-state index in [1.54, 1.807) is 17.0 Å². The number of fused-ring (bicyclic) bond motifs is 1. The zero-order chi connectivity index (χ0) is 25.3. The van der Waals surface area contributed by atoms with Crippen molar-refractivity contribution in [2.45, 2.75) is 46.1 Å². The van der Waals surface area contributed by atoms with Crippen molar-refractivity contribution in [1.82, 2.24) is 9.88 Å². The highest BCUT2D eigenvalue weighted by molar-refractivity contribution is 8.93. The van der Waals surface area contributed by atoms with Crippen molar-refractivity contribution in [3.8, 4) is 16.2 Å². The van der Waals surface area contributed by atoms with Crippen LogP contribution in [0.5, 0.6) is 5.75 Å². The maximum Gasteiger partial charge on any atom is 0.341 e. The van der Waals surface area contributed by atoms with E-state index in [0.29, 0.717) is 29.1 Å². The Hall–Kier alpha value is -3.04. The number of hydrogen-bond donors (Lipinski definition) is 2. The Morgan fingerprint density at radius 2 is 1.97 bits per heavy atom. The lowest BCUT2D eigenvalue weighted by Crippen LogP contribution is -2.30. The molecule has 2 N–H and O–H groups in total. The quantitative estimate of drug-likeness (QED) is 0.334. The molecule has 0 amide bonds. The highest BCUT2D eigenvalue weighted by Gasteiger charge is 2.30. The summed E-state index contributed by atoms with van der Waals surface area (Å²) in [5.41, 5.74) is 4.10. The van der Waals surface area contributed by atoms with Gasteiger partial charge in [0.05, 0.1) is 6.54 Å². The topological polar surface area (TPSA) is 104 Å². The number of ketones is 1. The summed E-state index contributed by atoms with van der Waals surface area (Å²) >= 11 is 1.50. The van der Waals surface area contributed by atoms with E-state index < -0.39 is 18.0 Å². The van der Waals surface area contributed by atoms with Gasteiger partial charge in [-0.05, 0) is 41.5 Å². The number of aromatic nitrogens is 1. The number of aliphatic carboxylic acids is 1. The lowest BCUT2D eigenvalue weighted by molar-refractivity contribution is -0.139. The van der Waals surface area contributed by atoms with Gasteiger partial charge in [-0.1, -0.05) is 39.8 Å². The smallest absolute Gasteiger partial charge is 0.341 e. The van der Waals surface area contributed by atoms with E-state index in [1.807, 2.05) is 57.3 Å². The molecule has 3 aromatic rings. The minimum Gasteiger partial charge on any atom is -0.481 e. The summed E-state index contributed by atoms with van der Waals surface area (Å²) in [4.78, 5) is 32.0. The number of hydrogen-bond acceptors (Lipinski definition) is 6. The van der Waals surface area contributed by atoms with Gasteiger partial charge in [-0.15, -0.1) is 28.3 Å². The Kier molecular flexibility index (Phi) is 8.36. The maximum absolute atomic E-state index is 13.5. The van der Waals surface area contributed by atoms with Gasteiger partial charge in [-0.3, -0.25) is 10.2 Å². The molecule has 0 aliphatic carbocycles.